The Bertz CT molecular complexity index is 981. The number of ether oxygens (including phenoxy) is 3. The van der Waals surface area contributed by atoms with Crippen LogP contribution in [0.5, 0.6) is 17.5 Å². The van der Waals surface area contributed by atoms with Gasteiger partial charge in [0.25, 0.3) is 0 Å². The first-order chi connectivity index (χ1) is 15.4. The molecular weight excluding hydrogens is 412 g/mol. The molecule has 0 atom stereocenters. The Morgan fingerprint density at radius 2 is 2.00 bits per heavy atom. The molecule has 1 fully saturated rings. The average molecular weight is 441 g/mol. The van der Waals surface area contributed by atoms with Crippen LogP contribution in [0.15, 0.2) is 18.5 Å². The van der Waals surface area contributed by atoms with E-state index in [9.17, 15) is 4.79 Å². The molecule has 3 heterocycles. The molecule has 0 saturated carbocycles. The van der Waals surface area contributed by atoms with E-state index in [4.69, 9.17) is 25.7 Å². The lowest BCUT2D eigenvalue weighted by atomic mass is 10.1. The lowest BCUT2D eigenvalue weighted by Gasteiger charge is -2.30. The number of piperidine rings is 1. The van der Waals surface area contributed by atoms with Crippen LogP contribution in [-0.4, -0.2) is 63.0 Å². The van der Waals surface area contributed by atoms with Crippen molar-refractivity contribution in [1.82, 2.24) is 19.9 Å². The van der Waals surface area contributed by atoms with Crippen molar-refractivity contribution in [3.05, 3.63) is 35.4 Å². The summed E-state index contributed by atoms with van der Waals surface area (Å²) in [7, 11) is 0. The number of hydrogen-bond donors (Lipinski definition) is 1. The summed E-state index contributed by atoms with van der Waals surface area (Å²) in [6.45, 7) is 7.25. The van der Waals surface area contributed by atoms with Gasteiger partial charge in [0, 0.05) is 38.0 Å². The highest BCUT2D eigenvalue weighted by molar-refractivity contribution is 5.65. The zero-order valence-electron chi connectivity index (χ0n) is 18.6. The van der Waals surface area contributed by atoms with Gasteiger partial charge in [-0.25, -0.2) is 14.8 Å². The molecule has 0 radical (unpaired) electrons. The van der Waals surface area contributed by atoms with Gasteiger partial charge < -0.3 is 24.2 Å². The van der Waals surface area contributed by atoms with Crippen LogP contribution in [0.2, 0.25) is 0 Å². The van der Waals surface area contributed by atoms with Crippen molar-refractivity contribution in [2.75, 3.05) is 19.7 Å². The Kier molecular flexibility index (Phi) is 7.84. The third-order valence-electron chi connectivity index (χ3n) is 5.02. The number of rotatable bonds is 8. The number of aromatic nitrogens is 3. The van der Waals surface area contributed by atoms with E-state index in [1.807, 2.05) is 32.9 Å². The van der Waals surface area contributed by atoms with Crippen LogP contribution in [0, 0.1) is 19.3 Å². The largest absolute Gasteiger partial charge is 0.473 e. The van der Waals surface area contributed by atoms with Gasteiger partial charge >= 0.3 is 6.09 Å². The summed E-state index contributed by atoms with van der Waals surface area (Å²) in [6.07, 6.45) is 7.94. The standard InChI is InChI=1S/C23H28N4O5/c1-5-19-21(31-18-8-11-27(12-9-18)23(28)29)24-14-25-22(19)32-20-7-6-17(26-16(20)4)10-13-30-15(2)3/h1,6-7,14-15,18H,8-13H2,2-4H3,(H,28,29). The number of nitrogens with zero attached hydrogens (tertiary/aromatic N) is 4. The van der Waals surface area contributed by atoms with E-state index in [0.29, 0.717) is 56.0 Å². The average Bonchev–Trinajstić information content (AvgIpc) is 2.76. The third kappa shape index (κ3) is 6.08. The summed E-state index contributed by atoms with van der Waals surface area (Å²) in [5.74, 6) is 3.55. The minimum atomic E-state index is -0.923. The van der Waals surface area contributed by atoms with Crippen molar-refractivity contribution in [3.63, 3.8) is 0 Å². The summed E-state index contributed by atoms with van der Waals surface area (Å²) in [4.78, 5) is 25.4. The number of aryl methyl sites for hydroxylation is 1. The van der Waals surface area contributed by atoms with Crippen LogP contribution in [0.3, 0.4) is 0 Å². The number of likely N-dealkylation sites (tertiary alicyclic amines) is 1. The molecule has 0 unspecified atom stereocenters. The first-order valence-corrected chi connectivity index (χ1v) is 10.6. The molecule has 1 aliphatic heterocycles. The van der Waals surface area contributed by atoms with Gasteiger partial charge in [0.15, 0.2) is 5.75 Å². The predicted molar refractivity (Wildman–Crippen MR) is 117 cm³/mol. The quantitative estimate of drug-likeness (QED) is 0.622. The monoisotopic (exact) mass is 440 g/mol. The highest BCUT2D eigenvalue weighted by Gasteiger charge is 2.25. The first-order valence-electron chi connectivity index (χ1n) is 10.6. The van der Waals surface area contributed by atoms with Gasteiger partial charge in [0.05, 0.1) is 18.4 Å². The number of carboxylic acid groups (broad SMARTS) is 1. The zero-order chi connectivity index (χ0) is 23.1. The van der Waals surface area contributed by atoms with Crippen molar-refractivity contribution in [1.29, 1.82) is 0 Å². The molecule has 1 aliphatic rings. The molecule has 32 heavy (non-hydrogen) atoms. The maximum Gasteiger partial charge on any atom is 0.407 e. The number of amides is 1. The van der Waals surface area contributed by atoms with E-state index in [2.05, 4.69) is 20.9 Å². The lowest BCUT2D eigenvalue weighted by Crippen LogP contribution is -2.41. The molecule has 0 aliphatic carbocycles. The molecule has 9 nitrogen and oxygen atoms in total. The number of hydrogen-bond acceptors (Lipinski definition) is 7. The normalized spacial score (nSPS) is 14.3. The van der Waals surface area contributed by atoms with Crippen molar-refractivity contribution < 1.29 is 24.1 Å². The highest BCUT2D eigenvalue weighted by Crippen LogP contribution is 2.30. The summed E-state index contributed by atoms with van der Waals surface area (Å²) < 4.78 is 17.5. The van der Waals surface area contributed by atoms with E-state index in [1.165, 1.54) is 11.2 Å². The van der Waals surface area contributed by atoms with E-state index in [1.54, 1.807) is 0 Å². The molecule has 2 aromatic heterocycles. The van der Waals surface area contributed by atoms with Crippen molar-refractivity contribution in [2.24, 2.45) is 0 Å². The first kappa shape index (κ1) is 23.3. The number of terminal acetylenes is 1. The van der Waals surface area contributed by atoms with Crippen LogP contribution in [0.25, 0.3) is 0 Å². The van der Waals surface area contributed by atoms with Gasteiger partial charge in [-0.05, 0) is 32.9 Å². The summed E-state index contributed by atoms with van der Waals surface area (Å²) in [6, 6.07) is 3.72. The molecule has 2 aromatic rings. The lowest BCUT2D eigenvalue weighted by molar-refractivity contribution is 0.0808. The van der Waals surface area contributed by atoms with Gasteiger partial charge in [-0.2, -0.15) is 0 Å². The Hall–Kier alpha value is -3.38. The molecule has 0 bridgehead atoms. The minimum absolute atomic E-state index is 0.180. The van der Waals surface area contributed by atoms with Crippen LogP contribution in [0.1, 0.15) is 43.6 Å². The topological polar surface area (TPSA) is 107 Å². The molecule has 9 heteroatoms. The van der Waals surface area contributed by atoms with Crippen molar-refractivity contribution in [2.45, 2.75) is 52.2 Å². The molecule has 0 spiro atoms. The van der Waals surface area contributed by atoms with Gasteiger partial charge in [-0.3, -0.25) is 4.98 Å². The van der Waals surface area contributed by atoms with Gasteiger partial charge in [-0.15, -0.1) is 6.42 Å². The number of pyridine rings is 1. The zero-order valence-corrected chi connectivity index (χ0v) is 18.6. The molecule has 1 amide bonds. The van der Waals surface area contributed by atoms with Gasteiger partial charge in [0.2, 0.25) is 11.8 Å². The second-order valence-corrected chi connectivity index (χ2v) is 7.75. The fraction of sp³-hybridized carbons (Fsp3) is 0.478. The number of carbonyl (C=O) groups is 1. The second kappa shape index (κ2) is 10.8. The van der Waals surface area contributed by atoms with Gasteiger partial charge in [-0.1, -0.05) is 5.92 Å². The highest BCUT2D eigenvalue weighted by atomic mass is 16.5. The molecule has 1 saturated heterocycles. The van der Waals surface area contributed by atoms with E-state index < -0.39 is 6.09 Å². The summed E-state index contributed by atoms with van der Waals surface area (Å²) in [5.41, 5.74) is 1.92. The smallest absolute Gasteiger partial charge is 0.407 e. The van der Waals surface area contributed by atoms with E-state index in [-0.39, 0.29) is 24.0 Å². The Labute approximate surface area is 187 Å². The Morgan fingerprint density at radius 1 is 1.28 bits per heavy atom. The van der Waals surface area contributed by atoms with Crippen LogP contribution < -0.4 is 9.47 Å². The SMILES string of the molecule is C#Cc1c(Oc2ccc(CCOC(C)C)nc2C)ncnc1OC1CCN(C(=O)O)CC1. The molecule has 1 N–H and O–H groups in total. The van der Waals surface area contributed by atoms with Crippen LogP contribution in [0.4, 0.5) is 4.79 Å². The van der Waals surface area contributed by atoms with Gasteiger partial charge in [0.1, 0.15) is 18.0 Å². The fourth-order valence-corrected chi connectivity index (χ4v) is 3.32. The molecule has 170 valence electrons. The maximum atomic E-state index is 11.1. The minimum Gasteiger partial charge on any atom is -0.473 e. The molecule has 3 rings (SSSR count). The molecule has 0 aromatic carbocycles. The summed E-state index contributed by atoms with van der Waals surface area (Å²) in [5, 5.41) is 9.09. The fourth-order valence-electron chi connectivity index (χ4n) is 3.32. The van der Waals surface area contributed by atoms with Crippen molar-refractivity contribution >= 4 is 6.09 Å². The van der Waals surface area contributed by atoms with Crippen molar-refractivity contribution in [3.8, 4) is 29.9 Å². The second-order valence-electron chi connectivity index (χ2n) is 7.75. The Balaban J connectivity index is 1.69. The van der Waals surface area contributed by atoms with Crippen LogP contribution >= 0.6 is 0 Å². The maximum absolute atomic E-state index is 11.1. The molecular formula is C23H28N4O5. The predicted octanol–water partition coefficient (Wildman–Crippen LogP) is 3.44. The third-order valence-corrected chi connectivity index (χ3v) is 5.02. The Morgan fingerprint density at radius 3 is 2.62 bits per heavy atom. The van der Waals surface area contributed by atoms with E-state index in [0.717, 1.165) is 5.69 Å². The summed E-state index contributed by atoms with van der Waals surface area (Å²) >= 11 is 0. The van der Waals surface area contributed by atoms with Crippen LogP contribution in [-0.2, 0) is 11.2 Å². The van der Waals surface area contributed by atoms with E-state index >= 15 is 0 Å².